The number of ether oxygens (including phenoxy) is 1. The van der Waals surface area contributed by atoms with Gasteiger partial charge in [0.1, 0.15) is 5.75 Å². The lowest BCUT2D eigenvalue weighted by molar-refractivity contribution is -0.123. The van der Waals surface area contributed by atoms with Gasteiger partial charge in [-0.1, -0.05) is 0 Å². The Labute approximate surface area is 133 Å². The molecule has 2 rings (SSSR count). The summed E-state index contributed by atoms with van der Waals surface area (Å²) in [5.41, 5.74) is 6.65. The maximum Gasteiger partial charge on any atom is 0.387 e. The normalized spacial score (nSPS) is 18.1. The van der Waals surface area contributed by atoms with Crippen LogP contribution in [0.25, 0.3) is 0 Å². The van der Waals surface area contributed by atoms with Crippen molar-refractivity contribution in [1.82, 2.24) is 4.90 Å². The van der Waals surface area contributed by atoms with Crippen LogP contribution in [-0.4, -0.2) is 36.4 Å². The summed E-state index contributed by atoms with van der Waals surface area (Å²) in [5.74, 6) is -0.886. The van der Waals surface area contributed by atoms with Crippen molar-refractivity contribution in [3.05, 3.63) is 28.8 Å². The second kappa shape index (κ2) is 6.93. The van der Waals surface area contributed by atoms with Crippen molar-refractivity contribution in [1.29, 1.82) is 0 Å². The van der Waals surface area contributed by atoms with Crippen LogP contribution >= 0.6 is 0 Å². The number of aryl methyl sites for hydroxylation is 2. The maximum atomic E-state index is 12.6. The highest BCUT2D eigenvalue weighted by molar-refractivity contribution is 5.95. The Morgan fingerprint density at radius 1 is 1.30 bits per heavy atom. The number of likely N-dealkylation sites (tertiary alicyclic amines) is 1. The molecule has 1 aliphatic heterocycles. The number of nitrogens with zero attached hydrogens (tertiary/aromatic N) is 1. The van der Waals surface area contributed by atoms with Crippen molar-refractivity contribution in [3.63, 3.8) is 0 Å². The molecule has 1 fully saturated rings. The number of hydrogen-bond acceptors (Lipinski definition) is 3. The highest BCUT2D eigenvalue weighted by Gasteiger charge is 2.28. The predicted octanol–water partition coefficient (Wildman–Crippen LogP) is 2.24. The van der Waals surface area contributed by atoms with Crippen molar-refractivity contribution >= 4 is 11.8 Å². The quantitative estimate of drug-likeness (QED) is 0.922. The Balaban J connectivity index is 2.21. The molecule has 23 heavy (non-hydrogen) atoms. The summed E-state index contributed by atoms with van der Waals surface area (Å²) >= 11 is 0. The topological polar surface area (TPSA) is 72.6 Å². The van der Waals surface area contributed by atoms with Crippen LogP contribution in [0.15, 0.2) is 12.1 Å². The van der Waals surface area contributed by atoms with Crippen molar-refractivity contribution < 1.29 is 23.1 Å². The number of primary amides is 1. The van der Waals surface area contributed by atoms with Gasteiger partial charge < -0.3 is 15.4 Å². The number of carbonyl (C=O) groups is 2. The van der Waals surface area contributed by atoms with Crippen LogP contribution in [-0.2, 0) is 4.79 Å². The van der Waals surface area contributed by atoms with Gasteiger partial charge in [-0.15, -0.1) is 0 Å². The van der Waals surface area contributed by atoms with Crippen LogP contribution in [0.3, 0.4) is 0 Å². The molecule has 0 aromatic heterocycles. The fraction of sp³-hybridized carbons (Fsp3) is 0.500. The molecule has 2 amide bonds. The largest absolute Gasteiger partial charge is 0.434 e. The van der Waals surface area contributed by atoms with Gasteiger partial charge in [-0.2, -0.15) is 8.78 Å². The van der Waals surface area contributed by atoms with E-state index in [1.165, 1.54) is 12.1 Å². The van der Waals surface area contributed by atoms with Crippen LogP contribution in [0, 0.1) is 19.8 Å². The number of rotatable bonds is 4. The maximum absolute atomic E-state index is 12.6. The van der Waals surface area contributed by atoms with E-state index >= 15 is 0 Å². The van der Waals surface area contributed by atoms with Crippen molar-refractivity contribution in [2.24, 2.45) is 11.7 Å². The summed E-state index contributed by atoms with van der Waals surface area (Å²) < 4.78 is 29.3. The van der Waals surface area contributed by atoms with Gasteiger partial charge in [0.25, 0.3) is 5.91 Å². The van der Waals surface area contributed by atoms with Crippen molar-refractivity contribution in [2.45, 2.75) is 33.3 Å². The van der Waals surface area contributed by atoms with Crippen LogP contribution in [0.1, 0.15) is 34.3 Å². The van der Waals surface area contributed by atoms with Gasteiger partial charge in [0.2, 0.25) is 5.91 Å². The highest BCUT2D eigenvalue weighted by Crippen LogP contribution is 2.28. The number of alkyl halides is 2. The second-order valence-corrected chi connectivity index (χ2v) is 5.81. The number of hydrogen-bond donors (Lipinski definition) is 1. The lowest BCUT2D eigenvalue weighted by Gasteiger charge is -2.31. The van der Waals surface area contributed by atoms with E-state index in [1.54, 1.807) is 18.7 Å². The van der Waals surface area contributed by atoms with E-state index in [0.29, 0.717) is 42.6 Å². The smallest absolute Gasteiger partial charge is 0.387 e. The molecule has 0 unspecified atom stereocenters. The zero-order valence-corrected chi connectivity index (χ0v) is 13.1. The van der Waals surface area contributed by atoms with Crippen LogP contribution in [0.4, 0.5) is 8.78 Å². The Morgan fingerprint density at radius 2 is 1.91 bits per heavy atom. The number of halogens is 2. The summed E-state index contributed by atoms with van der Waals surface area (Å²) in [6.45, 7) is 1.16. The van der Waals surface area contributed by atoms with Gasteiger partial charge in [-0.3, -0.25) is 9.59 Å². The molecule has 0 radical (unpaired) electrons. The van der Waals surface area contributed by atoms with E-state index in [-0.39, 0.29) is 17.6 Å². The molecule has 1 aliphatic rings. The first-order valence-electron chi connectivity index (χ1n) is 7.44. The first kappa shape index (κ1) is 17.2. The molecule has 1 atom stereocenters. The Morgan fingerprint density at radius 3 is 2.43 bits per heavy atom. The Hall–Kier alpha value is -2.18. The minimum atomic E-state index is -2.91. The molecule has 7 heteroatoms. The molecule has 0 saturated carbocycles. The van der Waals surface area contributed by atoms with Crippen molar-refractivity contribution in [3.8, 4) is 5.75 Å². The summed E-state index contributed by atoms with van der Waals surface area (Å²) in [6, 6.07) is 3.06. The predicted molar refractivity (Wildman–Crippen MR) is 80.4 cm³/mol. The zero-order valence-electron chi connectivity index (χ0n) is 13.1. The first-order chi connectivity index (χ1) is 10.8. The van der Waals surface area contributed by atoms with Crippen molar-refractivity contribution in [2.75, 3.05) is 13.1 Å². The molecule has 0 aliphatic carbocycles. The number of carbonyl (C=O) groups excluding carboxylic acids is 2. The molecule has 0 spiro atoms. The van der Waals surface area contributed by atoms with Gasteiger partial charge in [0.15, 0.2) is 0 Å². The standard InChI is InChI=1S/C16H20F2N2O3/c1-9-6-12(7-10(2)13(9)23-16(17)18)15(22)20-5-3-4-11(8-20)14(19)21/h6-7,11,16H,3-5,8H2,1-2H3,(H2,19,21)/t11-/m0/s1. The first-order valence-corrected chi connectivity index (χ1v) is 7.44. The molecule has 1 aromatic rings. The molecule has 1 saturated heterocycles. The lowest BCUT2D eigenvalue weighted by Crippen LogP contribution is -2.44. The monoisotopic (exact) mass is 326 g/mol. The third-order valence-corrected chi connectivity index (χ3v) is 4.03. The molecular formula is C16H20F2N2O3. The summed E-state index contributed by atoms with van der Waals surface area (Å²) in [5, 5.41) is 0. The average molecular weight is 326 g/mol. The third-order valence-electron chi connectivity index (χ3n) is 4.03. The van der Waals surface area contributed by atoms with Crippen LogP contribution in [0.2, 0.25) is 0 Å². The molecular weight excluding hydrogens is 306 g/mol. The highest BCUT2D eigenvalue weighted by atomic mass is 19.3. The Kier molecular flexibility index (Phi) is 5.18. The summed E-state index contributed by atoms with van der Waals surface area (Å²) in [7, 11) is 0. The fourth-order valence-electron chi connectivity index (χ4n) is 2.93. The minimum Gasteiger partial charge on any atom is -0.434 e. The SMILES string of the molecule is Cc1cc(C(=O)N2CCC[C@H](C(N)=O)C2)cc(C)c1OC(F)F. The number of amides is 2. The number of benzene rings is 1. The van der Waals surface area contributed by atoms with Gasteiger partial charge >= 0.3 is 6.61 Å². The van der Waals surface area contributed by atoms with Gasteiger partial charge in [-0.05, 0) is 49.9 Å². The zero-order chi connectivity index (χ0) is 17.1. The average Bonchev–Trinajstić information content (AvgIpc) is 2.49. The molecule has 126 valence electrons. The van der Waals surface area contributed by atoms with Gasteiger partial charge in [0.05, 0.1) is 5.92 Å². The van der Waals surface area contributed by atoms with E-state index in [4.69, 9.17) is 5.73 Å². The molecule has 1 heterocycles. The fourth-order valence-corrected chi connectivity index (χ4v) is 2.93. The van der Waals surface area contributed by atoms with E-state index in [9.17, 15) is 18.4 Å². The summed E-state index contributed by atoms with van der Waals surface area (Å²) in [6.07, 6.45) is 1.39. The molecule has 0 bridgehead atoms. The van der Waals surface area contributed by atoms with Crippen LogP contribution in [0.5, 0.6) is 5.75 Å². The molecule has 2 N–H and O–H groups in total. The lowest BCUT2D eigenvalue weighted by atomic mass is 9.96. The van der Waals surface area contributed by atoms with E-state index in [1.807, 2.05) is 0 Å². The van der Waals surface area contributed by atoms with E-state index < -0.39 is 12.5 Å². The van der Waals surface area contributed by atoms with E-state index in [2.05, 4.69) is 4.74 Å². The van der Waals surface area contributed by atoms with E-state index in [0.717, 1.165) is 0 Å². The number of nitrogens with two attached hydrogens (primary N) is 1. The van der Waals surface area contributed by atoms with Crippen LogP contribution < -0.4 is 10.5 Å². The minimum absolute atomic E-state index is 0.0882. The molecule has 5 nitrogen and oxygen atoms in total. The molecule has 1 aromatic carbocycles. The summed E-state index contributed by atoms with van der Waals surface area (Å²) in [4.78, 5) is 25.5. The second-order valence-electron chi connectivity index (χ2n) is 5.81. The van der Waals surface area contributed by atoms with Gasteiger partial charge in [-0.25, -0.2) is 0 Å². The Bertz CT molecular complexity index is 596. The third kappa shape index (κ3) is 3.97. The number of piperidine rings is 1. The van der Waals surface area contributed by atoms with Gasteiger partial charge in [0, 0.05) is 18.7 Å².